The maximum atomic E-state index is 11.5. The maximum absolute atomic E-state index is 11.5. The van der Waals surface area contributed by atoms with Gasteiger partial charge in [0, 0.05) is 12.7 Å². The van der Waals surface area contributed by atoms with Gasteiger partial charge in [-0.15, -0.1) is 0 Å². The molecule has 2 amide bonds. The highest BCUT2D eigenvalue weighted by molar-refractivity contribution is 5.89. The van der Waals surface area contributed by atoms with E-state index in [2.05, 4.69) is 15.6 Å². The lowest BCUT2D eigenvalue weighted by Crippen LogP contribution is -2.35. The molecule has 18 heavy (non-hydrogen) atoms. The number of hydrogen-bond acceptors (Lipinski definition) is 3. The van der Waals surface area contributed by atoms with Gasteiger partial charge in [-0.25, -0.2) is 4.79 Å². The molecule has 0 radical (unpaired) electrons. The van der Waals surface area contributed by atoms with Gasteiger partial charge in [-0.2, -0.15) is 0 Å². The van der Waals surface area contributed by atoms with Crippen molar-refractivity contribution in [2.45, 2.75) is 19.8 Å². The summed E-state index contributed by atoms with van der Waals surface area (Å²) in [5.41, 5.74) is 0.567. The molecule has 0 aromatic carbocycles. The van der Waals surface area contributed by atoms with Crippen LogP contribution in [0, 0.1) is 5.92 Å². The zero-order valence-corrected chi connectivity index (χ0v) is 10.2. The van der Waals surface area contributed by atoms with Crippen molar-refractivity contribution in [3.63, 3.8) is 0 Å². The fourth-order valence-electron chi connectivity index (χ4n) is 1.49. The smallest absolute Gasteiger partial charge is 0.319 e. The van der Waals surface area contributed by atoms with Crippen molar-refractivity contribution >= 4 is 17.7 Å². The molecule has 6 heteroatoms. The van der Waals surface area contributed by atoms with Gasteiger partial charge in [-0.05, 0) is 18.6 Å². The van der Waals surface area contributed by atoms with Gasteiger partial charge in [-0.3, -0.25) is 9.78 Å². The van der Waals surface area contributed by atoms with Crippen LogP contribution in [0.3, 0.4) is 0 Å². The Balaban J connectivity index is 2.38. The minimum absolute atomic E-state index is 0.120. The van der Waals surface area contributed by atoms with Gasteiger partial charge in [0.15, 0.2) is 0 Å². The highest BCUT2D eigenvalue weighted by Gasteiger charge is 2.16. The second-order valence-corrected chi connectivity index (χ2v) is 3.90. The summed E-state index contributed by atoms with van der Waals surface area (Å²) in [4.78, 5) is 26.2. The number of nitrogens with one attached hydrogen (secondary N) is 2. The molecule has 0 saturated carbocycles. The quantitative estimate of drug-likeness (QED) is 0.717. The first-order chi connectivity index (χ1) is 8.63. The van der Waals surface area contributed by atoms with E-state index in [9.17, 15) is 9.59 Å². The number of aromatic nitrogens is 1. The fraction of sp³-hybridized carbons (Fsp3) is 0.417. The molecule has 98 valence electrons. The van der Waals surface area contributed by atoms with Crippen LogP contribution in [0.2, 0.25) is 0 Å². The van der Waals surface area contributed by atoms with Gasteiger partial charge in [0.2, 0.25) is 0 Å². The summed E-state index contributed by atoms with van der Waals surface area (Å²) in [5.74, 6) is -1.44. The van der Waals surface area contributed by atoms with Gasteiger partial charge in [0.05, 0.1) is 17.8 Å². The van der Waals surface area contributed by atoms with Crippen LogP contribution >= 0.6 is 0 Å². The normalized spacial score (nSPS) is 11.6. The van der Waals surface area contributed by atoms with E-state index in [4.69, 9.17) is 5.11 Å². The van der Waals surface area contributed by atoms with Gasteiger partial charge >= 0.3 is 12.0 Å². The molecule has 1 aromatic rings. The molecule has 1 unspecified atom stereocenters. The Kier molecular flexibility index (Phi) is 5.63. The highest BCUT2D eigenvalue weighted by Crippen LogP contribution is 2.06. The standard InChI is InChI=1S/C12H17N3O3/c1-2-4-9(11(16)17)7-14-12(18)15-10-5-3-6-13-8-10/h3,5-6,8-9H,2,4,7H2,1H3,(H,16,17)(H2,14,15,18). The van der Waals surface area contributed by atoms with E-state index in [1.54, 1.807) is 18.3 Å². The number of carboxylic acid groups (broad SMARTS) is 1. The number of pyridine rings is 1. The summed E-state index contributed by atoms with van der Waals surface area (Å²) < 4.78 is 0. The Hall–Kier alpha value is -2.11. The summed E-state index contributed by atoms with van der Waals surface area (Å²) in [6.45, 7) is 2.03. The number of carbonyl (C=O) groups excluding carboxylic acids is 1. The van der Waals surface area contributed by atoms with Crippen molar-refractivity contribution in [2.75, 3.05) is 11.9 Å². The number of hydrogen-bond donors (Lipinski definition) is 3. The SMILES string of the molecule is CCCC(CNC(=O)Nc1cccnc1)C(=O)O. The zero-order chi connectivity index (χ0) is 13.4. The molecule has 6 nitrogen and oxygen atoms in total. The van der Waals surface area contributed by atoms with Crippen LogP contribution in [0.25, 0.3) is 0 Å². The summed E-state index contributed by atoms with van der Waals surface area (Å²) in [6.07, 6.45) is 4.43. The third-order valence-electron chi connectivity index (χ3n) is 2.41. The van der Waals surface area contributed by atoms with Crippen molar-refractivity contribution < 1.29 is 14.7 Å². The minimum Gasteiger partial charge on any atom is -0.481 e. The average Bonchev–Trinajstić information content (AvgIpc) is 2.35. The first-order valence-corrected chi connectivity index (χ1v) is 5.81. The van der Waals surface area contributed by atoms with E-state index in [0.29, 0.717) is 12.1 Å². The molecule has 3 N–H and O–H groups in total. The van der Waals surface area contributed by atoms with E-state index in [-0.39, 0.29) is 6.54 Å². The highest BCUT2D eigenvalue weighted by atomic mass is 16.4. The molecule has 1 atom stereocenters. The Morgan fingerprint density at radius 3 is 2.83 bits per heavy atom. The second kappa shape index (κ2) is 7.26. The molecule has 0 spiro atoms. The number of anilines is 1. The Morgan fingerprint density at radius 2 is 2.28 bits per heavy atom. The van der Waals surface area contributed by atoms with Crippen molar-refractivity contribution in [1.82, 2.24) is 10.3 Å². The van der Waals surface area contributed by atoms with Crippen molar-refractivity contribution in [3.05, 3.63) is 24.5 Å². The van der Waals surface area contributed by atoms with Gasteiger partial charge < -0.3 is 15.7 Å². The van der Waals surface area contributed by atoms with E-state index >= 15 is 0 Å². The van der Waals surface area contributed by atoms with E-state index in [1.165, 1.54) is 6.20 Å². The van der Waals surface area contributed by atoms with Crippen LogP contribution < -0.4 is 10.6 Å². The lowest BCUT2D eigenvalue weighted by molar-refractivity contribution is -0.141. The van der Waals surface area contributed by atoms with Crippen molar-refractivity contribution in [3.8, 4) is 0 Å². The van der Waals surface area contributed by atoms with Crippen LogP contribution in [0.1, 0.15) is 19.8 Å². The third kappa shape index (κ3) is 4.82. The lowest BCUT2D eigenvalue weighted by atomic mass is 10.0. The molecule has 1 heterocycles. The van der Waals surface area contributed by atoms with Gasteiger partial charge in [0.1, 0.15) is 0 Å². The molecule has 0 aliphatic carbocycles. The summed E-state index contributed by atoms with van der Waals surface area (Å²) in [5, 5.41) is 14.0. The second-order valence-electron chi connectivity index (χ2n) is 3.90. The fourth-order valence-corrected chi connectivity index (χ4v) is 1.49. The van der Waals surface area contributed by atoms with Crippen LogP contribution in [-0.2, 0) is 4.79 Å². The van der Waals surface area contributed by atoms with Crippen molar-refractivity contribution in [1.29, 1.82) is 0 Å². The zero-order valence-electron chi connectivity index (χ0n) is 10.2. The van der Waals surface area contributed by atoms with Crippen LogP contribution in [0.5, 0.6) is 0 Å². The molecule has 0 bridgehead atoms. The third-order valence-corrected chi connectivity index (χ3v) is 2.41. The Bertz CT molecular complexity index is 395. The lowest BCUT2D eigenvalue weighted by Gasteiger charge is -2.12. The van der Waals surface area contributed by atoms with E-state index in [1.807, 2.05) is 6.92 Å². The summed E-state index contributed by atoms with van der Waals surface area (Å²) >= 11 is 0. The minimum atomic E-state index is -0.890. The molecular weight excluding hydrogens is 234 g/mol. The maximum Gasteiger partial charge on any atom is 0.319 e. The predicted octanol–water partition coefficient (Wildman–Crippen LogP) is 1.70. The molecular formula is C12H17N3O3. The Labute approximate surface area is 105 Å². The number of carboxylic acids is 1. The van der Waals surface area contributed by atoms with E-state index < -0.39 is 17.9 Å². The van der Waals surface area contributed by atoms with Crippen LogP contribution in [0.15, 0.2) is 24.5 Å². The van der Waals surface area contributed by atoms with Gasteiger partial charge in [-0.1, -0.05) is 13.3 Å². The molecule has 0 fully saturated rings. The summed E-state index contributed by atoms with van der Waals surface area (Å²) in [6, 6.07) is 2.98. The molecule has 0 saturated heterocycles. The van der Waals surface area contributed by atoms with E-state index in [0.717, 1.165) is 6.42 Å². The van der Waals surface area contributed by atoms with Gasteiger partial charge in [0.25, 0.3) is 0 Å². The number of carbonyl (C=O) groups is 2. The Morgan fingerprint density at radius 1 is 1.50 bits per heavy atom. The number of rotatable bonds is 6. The number of urea groups is 1. The van der Waals surface area contributed by atoms with Crippen LogP contribution in [-0.4, -0.2) is 28.6 Å². The van der Waals surface area contributed by atoms with Crippen molar-refractivity contribution in [2.24, 2.45) is 5.92 Å². The number of aliphatic carboxylic acids is 1. The molecule has 0 aliphatic heterocycles. The molecule has 1 aromatic heterocycles. The monoisotopic (exact) mass is 251 g/mol. The number of amides is 2. The summed E-state index contributed by atoms with van der Waals surface area (Å²) in [7, 11) is 0. The molecule has 1 rings (SSSR count). The molecule has 0 aliphatic rings. The first-order valence-electron chi connectivity index (χ1n) is 5.81. The van der Waals surface area contributed by atoms with Crippen LogP contribution in [0.4, 0.5) is 10.5 Å². The largest absolute Gasteiger partial charge is 0.481 e. The first kappa shape index (κ1) is 14.0. The average molecular weight is 251 g/mol. The number of nitrogens with zero attached hydrogens (tertiary/aromatic N) is 1. The predicted molar refractivity (Wildman–Crippen MR) is 67.3 cm³/mol. The topological polar surface area (TPSA) is 91.3 Å².